The van der Waals surface area contributed by atoms with Gasteiger partial charge in [0.1, 0.15) is 13.2 Å². The van der Waals surface area contributed by atoms with Gasteiger partial charge >= 0.3 is 17.9 Å². The van der Waals surface area contributed by atoms with Crippen molar-refractivity contribution < 1.29 is 28.6 Å². The average Bonchev–Trinajstić information content (AvgIpc) is 3.42. The van der Waals surface area contributed by atoms with Gasteiger partial charge in [0.05, 0.1) is 0 Å². The van der Waals surface area contributed by atoms with Crippen LogP contribution < -0.4 is 0 Å². The molecule has 0 heterocycles. The highest BCUT2D eigenvalue weighted by molar-refractivity contribution is 5.71. The monoisotopic (exact) mass is 1070 g/mol. The predicted molar refractivity (Wildman–Crippen MR) is 330 cm³/mol. The van der Waals surface area contributed by atoms with E-state index in [2.05, 4.69) is 32.9 Å². The van der Waals surface area contributed by atoms with Crippen LogP contribution in [0.15, 0.2) is 12.2 Å². The molecule has 0 amide bonds. The minimum absolute atomic E-state index is 0.0628. The van der Waals surface area contributed by atoms with Gasteiger partial charge in [0.15, 0.2) is 6.10 Å². The summed E-state index contributed by atoms with van der Waals surface area (Å²) in [5.74, 6) is -0.839. The van der Waals surface area contributed by atoms with E-state index >= 15 is 0 Å². The largest absolute Gasteiger partial charge is 0.462 e. The van der Waals surface area contributed by atoms with Gasteiger partial charge < -0.3 is 14.2 Å². The first kappa shape index (κ1) is 74.2. The van der Waals surface area contributed by atoms with Crippen molar-refractivity contribution in [2.75, 3.05) is 13.2 Å². The quantitative estimate of drug-likeness (QED) is 0.0261. The molecule has 0 spiro atoms. The van der Waals surface area contributed by atoms with Crippen molar-refractivity contribution in [3.8, 4) is 0 Å². The first-order valence-corrected chi connectivity index (χ1v) is 34.7. The maximum absolute atomic E-state index is 12.9. The summed E-state index contributed by atoms with van der Waals surface area (Å²) in [5, 5.41) is 0. The van der Waals surface area contributed by atoms with Crippen LogP contribution in [0.5, 0.6) is 0 Å². The molecule has 0 saturated carbocycles. The number of rotatable bonds is 65. The van der Waals surface area contributed by atoms with Gasteiger partial charge in [0.25, 0.3) is 0 Å². The van der Waals surface area contributed by atoms with Crippen LogP contribution in [0.3, 0.4) is 0 Å². The van der Waals surface area contributed by atoms with Crippen molar-refractivity contribution in [3.63, 3.8) is 0 Å². The molecule has 1 atom stereocenters. The van der Waals surface area contributed by atoms with Crippen LogP contribution in [0, 0.1) is 0 Å². The Balaban J connectivity index is 3.93. The molecule has 0 aliphatic carbocycles. The summed E-state index contributed by atoms with van der Waals surface area (Å²) in [4.78, 5) is 38.1. The smallest absolute Gasteiger partial charge is 0.306 e. The van der Waals surface area contributed by atoms with E-state index in [9.17, 15) is 14.4 Å². The summed E-state index contributed by atoms with van der Waals surface area (Å²) in [6, 6.07) is 0. The Hall–Kier alpha value is -1.85. The minimum atomic E-state index is -0.762. The fourth-order valence-electron chi connectivity index (χ4n) is 10.8. The number of carbonyl (C=O) groups excluding carboxylic acids is 3. The lowest BCUT2D eigenvalue weighted by atomic mass is 10.0. The van der Waals surface area contributed by atoms with Crippen molar-refractivity contribution in [1.29, 1.82) is 0 Å². The third kappa shape index (κ3) is 63.0. The molecule has 1 unspecified atom stereocenters. The summed E-state index contributed by atoms with van der Waals surface area (Å²) in [6.45, 7) is 6.67. The number of allylic oxidation sites excluding steroid dienone is 2. The molecule has 0 rings (SSSR count). The summed E-state index contributed by atoms with van der Waals surface area (Å²) < 4.78 is 16.9. The van der Waals surface area contributed by atoms with Gasteiger partial charge in [-0.3, -0.25) is 14.4 Å². The first-order valence-electron chi connectivity index (χ1n) is 34.7. The van der Waals surface area contributed by atoms with Crippen molar-refractivity contribution in [3.05, 3.63) is 12.2 Å². The molecular formula is C70H134O6. The number of ether oxygens (including phenoxy) is 3. The van der Waals surface area contributed by atoms with Gasteiger partial charge in [-0.05, 0) is 44.9 Å². The zero-order chi connectivity index (χ0) is 55.0. The Morgan fingerprint density at radius 1 is 0.250 bits per heavy atom. The Morgan fingerprint density at radius 2 is 0.434 bits per heavy atom. The lowest BCUT2D eigenvalue weighted by molar-refractivity contribution is -0.167. The molecule has 6 nitrogen and oxygen atoms in total. The second-order valence-corrected chi connectivity index (χ2v) is 23.8. The number of esters is 3. The molecule has 0 bridgehead atoms. The molecule has 0 aromatic rings. The Bertz CT molecular complexity index is 1180. The third-order valence-electron chi connectivity index (χ3n) is 16.0. The second-order valence-electron chi connectivity index (χ2n) is 23.8. The molecule has 0 saturated heterocycles. The molecule has 0 radical (unpaired) electrons. The summed E-state index contributed by atoms with van der Waals surface area (Å²) in [7, 11) is 0. The Kier molecular flexibility index (Phi) is 64.1. The second kappa shape index (κ2) is 65.7. The van der Waals surface area contributed by atoms with Crippen LogP contribution in [0.4, 0.5) is 0 Å². The van der Waals surface area contributed by atoms with Gasteiger partial charge in [-0.25, -0.2) is 0 Å². The van der Waals surface area contributed by atoms with E-state index in [1.165, 1.54) is 302 Å². The van der Waals surface area contributed by atoms with E-state index < -0.39 is 6.10 Å². The molecule has 76 heavy (non-hydrogen) atoms. The molecule has 0 fully saturated rings. The SMILES string of the molecule is CCCCCCCCCC/C=C\CCCCCCCCCCCCCCCCCCCCCCCC(=O)OCC(COC(=O)CCCCCCCCC)OC(=O)CCCCCCCCCCCCCCCCCCCC. The highest BCUT2D eigenvalue weighted by atomic mass is 16.6. The lowest BCUT2D eigenvalue weighted by Gasteiger charge is -2.18. The van der Waals surface area contributed by atoms with E-state index in [4.69, 9.17) is 14.2 Å². The first-order chi connectivity index (χ1) is 37.5. The summed E-state index contributed by atoms with van der Waals surface area (Å²) in [5.41, 5.74) is 0. The van der Waals surface area contributed by atoms with Crippen molar-refractivity contribution in [1.82, 2.24) is 0 Å². The highest BCUT2D eigenvalue weighted by Crippen LogP contribution is 2.19. The number of hydrogen-bond donors (Lipinski definition) is 0. The molecule has 0 aromatic carbocycles. The van der Waals surface area contributed by atoms with Crippen molar-refractivity contribution >= 4 is 17.9 Å². The number of hydrogen-bond acceptors (Lipinski definition) is 6. The molecule has 0 aromatic heterocycles. The zero-order valence-corrected chi connectivity index (χ0v) is 51.8. The van der Waals surface area contributed by atoms with Gasteiger partial charge in [-0.15, -0.1) is 0 Å². The van der Waals surface area contributed by atoms with E-state index in [1.54, 1.807) is 0 Å². The molecule has 0 aliphatic heterocycles. The van der Waals surface area contributed by atoms with Crippen LogP contribution in [0.2, 0.25) is 0 Å². The number of carbonyl (C=O) groups is 3. The highest BCUT2D eigenvalue weighted by Gasteiger charge is 2.19. The molecule has 6 heteroatoms. The predicted octanol–water partition coefficient (Wildman–Crippen LogP) is 23.6. The van der Waals surface area contributed by atoms with E-state index in [1.807, 2.05) is 0 Å². The lowest BCUT2D eigenvalue weighted by Crippen LogP contribution is -2.30. The maximum Gasteiger partial charge on any atom is 0.306 e. The van der Waals surface area contributed by atoms with Gasteiger partial charge in [0.2, 0.25) is 0 Å². The van der Waals surface area contributed by atoms with Gasteiger partial charge in [-0.2, -0.15) is 0 Å². The average molecular weight is 1070 g/mol. The van der Waals surface area contributed by atoms with Gasteiger partial charge in [0, 0.05) is 19.3 Å². The van der Waals surface area contributed by atoms with E-state index in [0.717, 1.165) is 57.8 Å². The van der Waals surface area contributed by atoms with E-state index in [0.29, 0.717) is 19.3 Å². The minimum Gasteiger partial charge on any atom is -0.462 e. The molecule has 450 valence electrons. The Labute approximate surface area is 475 Å². The molecule has 0 N–H and O–H groups in total. The van der Waals surface area contributed by atoms with Gasteiger partial charge in [-0.1, -0.05) is 348 Å². The Morgan fingerprint density at radius 3 is 0.658 bits per heavy atom. The molecular weight excluding hydrogens is 937 g/mol. The van der Waals surface area contributed by atoms with Crippen LogP contribution in [0.25, 0.3) is 0 Å². The standard InChI is InChI=1S/C70H134O6/c1-4-7-10-13-16-18-20-22-24-26-28-29-30-31-32-33-34-35-36-37-38-39-40-41-42-44-45-47-49-51-54-57-60-63-69(72)75-66-67(65-74-68(71)62-59-56-53-15-12-9-6-3)76-70(73)64-61-58-55-52-50-48-46-43-27-25-23-21-19-17-14-11-8-5-2/h26,28,67H,4-25,27,29-66H2,1-3H3/b28-26-. The van der Waals surface area contributed by atoms with Crippen LogP contribution in [-0.2, 0) is 28.6 Å². The summed E-state index contributed by atoms with van der Waals surface area (Å²) >= 11 is 0. The third-order valence-corrected chi connectivity index (χ3v) is 16.0. The summed E-state index contributed by atoms with van der Waals surface area (Å²) in [6.07, 6.45) is 78.5. The van der Waals surface area contributed by atoms with Crippen molar-refractivity contribution in [2.45, 2.75) is 406 Å². The van der Waals surface area contributed by atoms with E-state index in [-0.39, 0.29) is 31.1 Å². The van der Waals surface area contributed by atoms with Crippen molar-refractivity contribution in [2.24, 2.45) is 0 Å². The van der Waals surface area contributed by atoms with Crippen LogP contribution >= 0.6 is 0 Å². The van der Waals surface area contributed by atoms with Crippen LogP contribution in [-0.4, -0.2) is 37.2 Å². The fourth-order valence-corrected chi connectivity index (χ4v) is 10.8. The normalized spacial score (nSPS) is 12.0. The topological polar surface area (TPSA) is 78.9 Å². The number of unbranched alkanes of at least 4 members (excludes halogenated alkanes) is 52. The van der Waals surface area contributed by atoms with Crippen LogP contribution in [0.1, 0.15) is 400 Å². The molecule has 0 aliphatic rings. The zero-order valence-electron chi connectivity index (χ0n) is 51.8. The fraction of sp³-hybridized carbons (Fsp3) is 0.929. The maximum atomic E-state index is 12.9.